The Balaban J connectivity index is 2.19. The molecule has 1 fully saturated rings. The molecule has 1 aliphatic rings. The van der Waals surface area contributed by atoms with Gasteiger partial charge in [-0.1, -0.05) is 18.3 Å². The van der Waals surface area contributed by atoms with E-state index in [1.54, 1.807) is 11.3 Å². The van der Waals surface area contributed by atoms with Gasteiger partial charge in [-0.3, -0.25) is 0 Å². The van der Waals surface area contributed by atoms with Gasteiger partial charge >= 0.3 is 0 Å². The van der Waals surface area contributed by atoms with Gasteiger partial charge in [0.15, 0.2) is 5.13 Å². The van der Waals surface area contributed by atoms with Crippen LogP contribution in [0.15, 0.2) is 0 Å². The fourth-order valence-electron chi connectivity index (χ4n) is 2.08. The molecule has 0 aliphatic carbocycles. The number of nitrogens with zero attached hydrogens (tertiary/aromatic N) is 2. The molecule has 3 nitrogen and oxygen atoms in total. The number of rotatable bonds is 3. The number of thioether (sulfide) groups is 1. The van der Waals surface area contributed by atoms with Gasteiger partial charge in [0.2, 0.25) is 0 Å². The van der Waals surface area contributed by atoms with Crippen molar-refractivity contribution in [2.45, 2.75) is 38.5 Å². The minimum Gasteiger partial charge on any atom is -0.391 e. The first-order chi connectivity index (χ1) is 8.05. The molecule has 5 heteroatoms. The molecule has 0 spiro atoms. The number of anilines is 1. The summed E-state index contributed by atoms with van der Waals surface area (Å²) in [6.07, 6.45) is 0.901. The standard InChI is InChI=1S/C12H20N2OS2/c1-4-9-10(7-15)17-11(13-9)14-5-6-16-12(2,3)8-14/h15H,4-8H2,1-3H3. The van der Waals surface area contributed by atoms with Gasteiger partial charge in [-0.05, 0) is 20.3 Å². The lowest BCUT2D eigenvalue weighted by Crippen LogP contribution is -2.43. The van der Waals surface area contributed by atoms with Crippen LogP contribution >= 0.6 is 23.1 Å². The summed E-state index contributed by atoms with van der Waals surface area (Å²) in [5.74, 6) is 1.16. The van der Waals surface area contributed by atoms with Gasteiger partial charge in [0, 0.05) is 23.6 Å². The van der Waals surface area contributed by atoms with Gasteiger partial charge in [0.1, 0.15) is 0 Å². The van der Waals surface area contributed by atoms with E-state index in [2.05, 4.69) is 30.7 Å². The SMILES string of the molecule is CCc1nc(N2CCSC(C)(C)C2)sc1CO. The lowest BCUT2D eigenvalue weighted by molar-refractivity contribution is 0.284. The number of hydrogen-bond acceptors (Lipinski definition) is 5. The summed E-state index contributed by atoms with van der Waals surface area (Å²) in [4.78, 5) is 8.05. The molecule has 1 aliphatic heterocycles. The molecular weight excluding hydrogens is 252 g/mol. The predicted molar refractivity (Wildman–Crippen MR) is 76.2 cm³/mol. The van der Waals surface area contributed by atoms with Crippen molar-refractivity contribution in [2.75, 3.05) is 23.7 Å². The molecule has 0 bridgehead atoms. The van der Waals surface area contributed by atoms with E-state index in [4.69, 9.17) is 0 Å². The van der Waals surface area contributed by atoms with E-state index in [0.717, 1.165) is 41.0 Å². The number of hydrogen-bond donors (Lipinski definition) is 1. The van der Waals surface area contributed by atoms with E-state index >= 15 is 0 Å². The number of thiazole rings is 1. The fraction of sp³-hybridized carbons (Fsp3) is 0.750. The number of aliphatic hydroxyl groups excluding tert-OH is 1. The van der Waals surface area contributed by atoms with Crippen LogP contribution in [0.3, 0.4) is 0 Å². The van der Waals surface area contributed by atoms with Crippen molar-refractivity contribution in [2.24, 2.45) is 0 Å². The maximum atomic E-state index is 9.31. The summed E-state index contributed by atoms with van der Waals surface area (Å²) in [5, 5.41) is 10.4. The molecule has 0 atom stereocenters. The van der Waals surface area contributed by atoms with Crippen LogP contribution in [0.4, 0.5) is 5.13 Å². The fourth-order valence-corrected chi connectivity index (χ4v) is 4.23. The van der Waals surface area contributed by atoms with Gasteiger partial charge in [0.25, 0.3) is 0 Å². The van der Waals surface area contributed by atoms with Crippen LogP contribution in [-0.2, 0) is 13.0 Å². The third-order valence-electron chi connectivity index (χ3n) is 2.94. The van der Waals surface area contributed by atoms with Crippen LogP contribution in [0.1, 0.15) is 31.3 Å². The first kappa shape index (κ1) is 13.2. The molecule has 0 aromatic carbocycles. The van der Waals surface area contributed by atoms with Crippen molar-refractivity contribution in [3.8, 4) is 0 Å². The average Bonchev–Trinajstić information content (AvgIpc) is 2.70. The molecule has 1 N–H and O–H groups in total. The molecule has 2 rings (SSSR count). The molecule has 0 radical (unpaired) electrons. The highest BCUT2D eigenvalue weighted by Crippen LogP contribution is 2.35. The van der Waals surface area contributed by atoms with Gasteiger partial charge in [-0.2, -0.15) is 11.8 Å². The van der Waals surface area contributed by atoms with Gasteiger partial charge in [-0.25, -0.2) is 4.98 Å². The Morgan fingerprint density at radius 1 is 1.47 bits per heavy atom. The van der Waals surface area contributed by atoms with Crippen molar-refractivity contribution in [1.29, 1.82) is 0 Å². The van der Waals surface area contributed by atoms with E-state index < -0.39 is 0 Å². The molecule has 1 saturated heterocycles. The molecule has 2 heterocycles. The Hall–Kier alpha value is -0.260. The Bertz CT molecular complexity index is 368. The quantitative estimate of drug-likeness (QED) is 0.917. The summed E-state index contributed by atoms with van der Waals surface area (Å²) in [7, 11) is 0. The van der Waals surface area contributed by atoms with Gasteiger partial charge < -0.3 is 10.0 Å². The third-order valence-corrected chi connectivity index (χ3v) is 5.38. The lowest BCUT2D eigenvalue weighted by atomic mass is 10.2. The van der Waals surface area contributed by atoms with Crippen molar-refractivity contribution in [3.05, 3.63) is 10.6 Å². The average molecular weight is 272 g/mol. The highest BCUT2D eigenvalue weighted by molar-refractivity contribution is 8.00. The molecule has 0 amide bonds. The van der Waals surface area contributed by atoms with Crippen LogP contribution in [0.5, 0.6) is 0 Å². The van der Waals surface area contributed by atoms with Crippen LogP contribution in [0.25, 0.3) is 0 Å². The Morgan fingerprint density at radius 3 is 2.76 bits per heavy atom. The van der Waals surface area contributed by atoms with Crippen molar-refractivity contribution >= 4 is 28.2 Å². The molecule has 17 heavy (non-hydrogen) atoms. The molecule has 0 saturated carbocycles. The molecular formula is C12H20N2OS2. The van der Waals surface area contributed by atoms with E-state index in [9.17, 15) is 5.11 Å². The highest BCUT2D eigenvalue weighted by Gasteiger charge is 2.28. The van der Waals surface area contributed by atoms with Crippen molar-refractivity contribution < 1.29 is 5.11 Å². The van der Waals surface area contributed by atoms with Gasteiger partial charge in [-0.15, -0.1) is 0 Å². The molecule has 96 valence electrons. The Kier molecular flexibility index (Phi) is 4.00. The monoisotopic (exact) mass is 272 g/mol. The zero-order valence-corrected chi connectivity index (χ0v) is 12.3. The number of aryl methyl sites for hydroxylation is 1. The van der Waals surface area contributed by atoms with E-state index in [1.807, 2.05) is 11.8 Å². The molecule has 1 aromatic heterocycles. The first-order valence-electron chi connectivity index (χ1n) is 6.04. The smallest absolute Gasteiger partial charge is 0.185 e. The summed E-state index contributed by atoms with van der Waals surface area (Å²) < 4.78 is 0.301. The minimum atomic E-state index is 0.118. The van der Waals surface area contributed by atoms with Gasteiger partial charge in [0.05, 0.1) is 17.2 Å². The maximum absolute atomic E-state index is 9.31. The summed E-state index contributed by atoms with van der Waals surface area (Å²) in [6, 6.07) is 0. The molecule has 1 aromatic rings. The van der Waals surface area contributed by atoms with Crippen LogP contribution < -0.4 is 4.90 Å². The third kappa shape index (κ3) is 2.95. The zero-order chi connectivity index (χ0) is 12.5. The summed E-state index contributed by atoms with van der Waals surface area (Å²) in [6.45, 7) is 8.88. The number of aromatic nitrogens is 1. The largest absolute Gasteiger partial charge is 0.391 e. The van der Waals surface area contributed by atoms with E-state index in [0.29, 0.717) is 4.75 Å². The Labute approximate surface area is 111 Å². The van der Waals surface area contributed by atoms with Crippen molar-refractivity contribution in [3.63, 3.8) is 0 Å². The lowest BCUT2D eigenvalue weighted by Gasteiger charge is -2.37. The first-order valence-corrected chi connectivity index (χ1v) is 7.84. The van der Waals surface area contributed by atoms with Crippen LogP contribution in [-0.4, -0.2) is 33.7 Å². The van der Waals surface area contributed by atoms with Crippen LogP contribution in [0.2, 0.25) is 0 Å². The second-order valence-electron chi connectivity index (χ2n) is 4.91. The minimum absolute atomic E-state index is 0.118. The second-order valence-corrected chi connectivity index (χ2v) is 7.77. The molecule has 0 unspecified atom stereocenters. The highest BCUT2D eigenvalue weighted by atomic mass is 32.2. The maximum Gasteiger partial charge on any atom is 0.185 e. The van der Waals surface area contributed by atoms with Crippen LogP contribution in [0, 0.1) is 0 Å². The topological polar surface area (TPSA) is 36.4 Å². The van der Waals surface area contributed by atoms with Crippen molar-refractivity contribution in [1.82, 2.24) is 4.98 Å². The number of aliphatic hydroxyl groups is 1. The predicted octanol–water partition coefficient (Wildman–Crippen LogP) is 2.53. The second kappa shape index (κ2) is 5.16. The summed E-state index contributed by atoms with van der Waals surface area (Å²) in [5.41, 5.74) is 1.06. The van der Waals surface area contributed by atoms with E-state index in [1.165, 1.54) is 0 Å². The Morgan fingerprint density at radius 2 is 2.24 bits per heavy atom. The van der Waals surface area contributed by atoms with E-state index in [-0.39, 0.29) is 6.61 Å². The normalized spacial score (nSPS) is 19.6. The zero-order valence-electron chi connectivity index (χ0n) is 10.7. The summed E-state index contributed by atoms with van der Waals surface area (Å²) >= 11 is 3.67.